The summed E-state index contributed by atoms with van der Waals surface area (Å²) in [4.78, 5) is 5.69. The minimum atomic E-state index is 0.865. The summed E-state index contributed by atoms with van der Waals surface area (Å²) in [6, 6.07) is 1.96. The lowest BCUT2D eigenvalue weighted by Crippen LogP contribution is -2.18. The molecule has 3 aromatic rings. The van der Waals surface area contributed by atoms with Crippen molar-refractivity contribution in [3.63, 3.8) is 0 Å². The van der Waals surface area contributed by atoms with E-state index in [2.05, 4.69) is 39.0 Å². The highest BCUT2D eigenvalue weighted by Crippen LogP contribution is 2.20. The molecule has 3 aromatic heterocycles. The molecule has 0 saturated carbocycles. The van der Waals surface area contributed by atoms with Gasteiger partial charge >= 0.3 is 0 Å². The fraction of sp³-hybridized carbons (Fsp3) is 0.429. The number of aromatic nitrogens is 4. The van der Waals surface area contributed by atoms with E-state index < -0.39 is 0 Å². The maximum atomic E-state index is 4.60. The maximum absolute atomic E-state index is 4.60. The Morgan fingerprint density at radius 2 is 2.25 bits per heavy atom. The van der Waals surface area contributed by atoms with Crippen LogP contribution in [0.15, 0.2) is 23.8 Å². The first-order chi connectivity index (χ1) is 9.75. The summed E-state index contributed by atoms with van der Waals surface area (Å²) in [6.07, 6.45) is 4.89. The lowest BCUT2D eigenvalue weighted by molar-refractivity contribution is 0.540. The standard InChI is InChI=1S/C14H19N5S/c1-11-10-20-14-17-12(2)13(19(11)14)9-15-5-3-7-18-8-4-6-16-18/h4,6,8,10,15H,3,5,7,9H2,1-2H3. The second kappa shape index (κ2) is 5.76. The van der Waals surface area contributed by atoms with E-state index in [0.29, 0.717) is 0 Å². The predicted octanol–water partition coefficient (Wildman–Crippen LogP) is 2.39. The van der Waals surface area contributed by atoms with E-state index in [1.165, 1.54) is 11.4 Å². The molecule has 0 atom stereocenters. The molecule has 0 aromatic carbocycles. The topological polar surface area (TPSA) is 47.1 Å². The molecule has 0 radical (unpaired) electrons. The average molecular weight is 289 g/mol. The van der Waals surface area contributed by atoms with Gasteiger partial charge in [-0.3, -0.25) is 9.08 Å². The lowest BCUT2D eigenvalue weighted by atomic mass is 10.3. The number of nitrogens with zero attached hydrogens (tertiary/aromatic N) is 4. The first-order valence-electron chi connectivity index (χ1n) is 6.86. The van der Waals surface area contributed by atoms with E-state index in [1.54, 1.807) is 11.3 Å². The van der Waals surface area contributed by atoms with Gasteiger partial charge in [0.1, 0.15) is 0 Å². The number of imidazole rings is 1. The van der Waals surface area contributed by atoms with Gasteiger partial charge < -0.3 is 5.32 Å². The summed E-state index contributed by atoms with van der Waals surface area (Å²) in [7, 11) is 0. The minimum Gasteiger partial charge on any atom is -0.311 e. The number of nitrogens with one attached hydrogen (secondary N) is 1. The van der Waals surface area contributed by atoms with Crippen molar-refractivity contribution in [1.82, 2.24) is 24.5 Å². The molecule has 20 heavy (non-hydrogen) atoms. The monoisotopic (exact) mass is 289 g/mol. The van der Waals surface area contributed by atoms with Crippen molar-refractivity contribution in [3.8, 4) is 0 Å². The second-order valence-corrected chi connectivity index (χ2v) is 5.77. The van der Waals surface area contributed by atoms with E-state index in [4.69, 9.17) is 0 Å². The largest absolute Gasteiger partial charge is 0.311 e. The predicted molar refractivity (Wildman–Crippen MR) is 81.1 cm³/mol. The van der Waals surface area contributed by atoms with Crippen molar-refractivity contribution < 1.29 is 0 Å². The van der Waals surface area contributed by atoms with Crippen LogP contribution in [0.2, 0.25) is 0 Å². The fourth-order valence-corrected chi connectivity index (χ4v) is 3.31. The molecular weight excluding hydrogens is 270 g/mol. The third-order valence-electron chi connectivity index (χ3n) is 3.42. The van der Waals surface area contributed by atoms with Crippen molar-refractivity contribution in [2.24, 2.45) is 0 Å². The normalized spacial score (nSPS) is 11.5. The van der Waals surface area contributed by atoms with Crippen LogP contribution < -0.4 is 5.32 Å². The van der Waals surface area contributed by atoms with Gasteiger partial charge in [0.25, 0.3) is 0 Å². The van der Waals surface area contributed by atoms with Gasteiger partial charge in [-0.2, -0.15) is 5.10 Å². The fourth-order valence-electron chi connectivity index (χ4n) is 2.38. The minimum absolute atomic E-state index is 0.865. The molecule has 1 N–H and O–H groups in total. The van der Waals surface area contributed by atoms with Gasteiger partial charge in [0.05, 0.1) is 11.4 Å². The Morgan fingerprint density at radius 1 is 1.35 bits per heavy atom. The Hall–Kier alpha value is -1.66. The van der Waals surface area contributed by atoms with Gasteiger partial charge in [-0.05, 0) is 32.9 Å². The number of rotatable bonds is 6. The summed E-state index contributed by atoms with van der Waals surface area (Å²) in [5, 5.41) is 9.86. The Morgan fingerprint density at radius 3 is 3.05 bits per heavy atom. The average Bonchev–Trinajstić information content (AvgIpc) is 3.11. The number of fused-ring (bicyclic) bond motifs is 1. The first-order valence-corrected chi connectivity index (χ1v) is 7.74. The molecule has 0 aliphatic rings. The van der Waals surface area contributed by atoms with Crippen molar-refractivity contribution in [1.29, 1.82) is 0 Å². The highest BCUT2D eigenvalue weighted by atomic mass is 32.1. The zero-order chi connectivity index (χ0) is 13.9. The molecule has 6 heteroatoms. The molecular formula is C14H19N5S. The third-order valence-corrected chi connectivity index (χ3v) is 4.37. The quantitative estimate of drug-likeness (QED) is 0.709. The van der Waals surface area contributed by atoms with E-state index in [1.807, 2.05) is 23.1 Å². The highest BCUT2D eigenvalue weighted by Gasteiger charge is 2.11. The molecule has 3 rings (SSSR count). The Bertz CT molecular complexity index is 680. The van der Waals surface area contributed by atoms with Crippen molar-refractivity contribution in [2.45, 2.75) is 33.4 Å². The van der Waals surface area contributed by atoms with Gasteiger partial charge in [-0.1, -0.05) is 0 Å². The molecule has 0 aliphatic carbocycles. The van der Waals surface area contributed by atoms with Gasteiger partial charge in [0, 0.05) is 36.6 Å². The van der Waals surface area contributed by atoms with Crippen LogP contribution in [0.25, 0.3) is 4.96 Å². The molecule has 0 unspecified atom stereocenters. The summed E-state index contributed by atoms with van der Waals surface area (Å²) in [5.74, 6) is 0. The molecule has 0 saturated heterocycles. The van der Waals surface area contributed by atoms with Gasteiger partial charge in [0.15, 0.2) is 4.96 Å². The van der Waals surface area contributed by atoms with E-state index in [-0.39, 0.29) is 0 Å². The summed E-state index contributed by atoms with van der Waals surface area (Å²) in [6.45, 7) is 7.02. The Balaban J connectivity index is 1.54. The van der Waals surface area contributed by atoms with Crippen LogP contribution in [0.3, 0.4) is 0 Å². The molecule has 106 valence electrons. The number of aryl methyl sites for hydroxylation is 3. The van der Waals surface area contributed by atoms with E-state index in [0.717, 1.165) is 36.7 Å². The zero-order valence-corrected chi connectivity index (χ0v) is 12.7. The van der Waals surface area contributed by atoms with Crippen LogP contribution in [0.5, 0.6) is 0 Å². The van der Waals surface area contributed by atoms with E-state index >= 15 is 0 Å². The van der Waals surface area contributed by atoms with Crippen LogP contribution >= 0.6 is 11.3 Å². The van der Waals surface area contributed by atoms with Crippen LogP contribution in [-0.2, 0) is 13.1 Å². The van der Waals surface area contributed by atoms with Gasteiger partial charge in [-0.15, -0.1) is 11.3 Å². The summed E-state index contributed by atoms with van der Waals surface area (Å²) < 4.78 is 4.22. The summed E-state index contributed by atoms with van der Waals surface area (Å²) in [5.41, 5.74) is 3.66. The van der Waals surface area contributed by atoms with Gasteiger partial charge in [-0.25, -0.2) is 4.98 Å². The maximum Gasteiger partial charge on any atom is 0.194 e. The lowest BCUT2D eigenvalue weighted by Gasteiger charge is -2.06. The SMILES string of the molecule is Cc1nc2scc(C)n2c1CNCCCn1cccn1. The number of hydrogen-bond donors (Lipinski definition) is 1. The van der Waals surface area contributed by atoms with Gasteiger partial charge in [0.2, 0.25) is 0 Å². The van der Waals surface area contributed by atoms with Crippen molar-refractivity contribution in [3.05, 3.63) is 40.9 Å². The smallest absolute Gasteiger partial charge is 0.194 e. The van der Waals surface area contributed by atoms with E-state index in [9.17, 15) is 0 Å². The molecule has 0 spiro atoms. The second-order valence-electron chi connectivity index (χ2n) is 4.94. The highest BCUT2D eigenvalue weighted by molar-refractivity contribution is 7.15. The number of thiazole rings is 1. The Kier molecular flexibility index (Phi) is 3.84. The Labute approximate surface area is 122 Å². The van der Waals surface area contributed by atoms with Crippen LogP contribution in [-0.4, -0.2) is 25.7 Å². The number of hydrogen-bond acceptors (Lipinski definition) is 4. The molecule has 0 fully saturated rings. The van der Waals surface area contributed by atoms with Crippen molar-refractivity contribution >= 4 is 16.3 Å². The summed E-state index contributed by atoms with van der Waals surface area (Å²) >= 11 is 1.70. The molecule has 5 nitrogen and oxygen atoms in total. The zero-order valence-electron chi connectivity index (χ0n) is 11.8. The first kappa shape index (κ1) is 13.3. The molecule has 3 heterocycles. The molecule has 0 aliphatic heterocycles. The van der Waals surface area contributed by atoms with Crippen molar-refractivity contribution in [2.75, 3.05) is 6.54 Å². The van der Waals surface area contributed by atoms with Crippen LogP contribution in [0.4, 0.5) is 0 Å². The molecule has 0 bridgehead atoms. The third kappa shape index (κ3) is 2.62. The van der Waals surface area contributed by atoms with Crippen LogP contribution in [0, 0.1) is 13.8 Å². The molecule has 0 amide bonds. The van der Waals surface area contributed by atoms with Crippen LogP contribution in [0.1, 0.15) is 23.5 Å².